The van der Waals surface area contributed by atoms with Crippen LogP contribution in [-0.2, 0) is 0 Å². The summed E-state index contributed by atoms with van der Waals surface area (Å²) in [7, 11) is 0. The summed E-state index contributed by atoms with van der Waals surface area (Å²) in [4.78, 5) is 18.0. The first kappa shape index (κ1) is 14.6. The maximum atomic E-state index is 13.1. The molecule has 0 aliphatic carbocycles. The minimum Gasteiger partial charge on any atom is -0.333 e. The Morgan fingerprint density at radius 1 is 1.28 bits per heavy atom. The van der Waals surface area contributed by atoms with E-state index in [1.54, 1.807) is 0 Å². The Balaban J connectivity index is 3.02. The molecular weight excluding hydrogens is 231 g/mol. The number of hydrogen-bond donors (Lipinski definition) is 0. The number of carbonyl (C=O) groups is 1. The van der Waals surface area contributed by atoms with E-state index < -0.39 is 5.82 Å². The first-order valence-corrected chi connectivity index (χ1v) is 6.44. The Bertz CT molecular complexity index is 399. The first-order chi connectivity index (χ1) is 8.51. The fourth-order valence-electron chi connectivity index (χ4n) is 1.91. The van der Waals surface area contributed by atoms with E-state index in [1.165, 1.54) is 12.3 Å². The third-order valence-corrected chi connectivity index (χ3v) is 3.32. The van der Waals surface area contributed by atoms with Crippen LogP contribution in [0.25, 0.3) is 0 Å². The number of aromatic nitrogens is 1. The average molecular weight is 252 g/mol. The van der Waals surface area contributed by atoms with E-state index in [4.69, 9.17) is 0 Å². The third kappa shape index (κ3) is 3.28. The minimum atomic E-state index is -0.478. The van der Waals surface area contributed by atoms with Crippen LogP contribution in [-0.4, -0.2) is 27.9 Å². The number of pyridine rings is 1. The lowest BCUT2D eigenvalue weighted by molar-refractivity contribution is 0.0597. The van der Waals surface area contributed by atoms with Gasteiger partial charge in [0.2, 0.25) is 0 Å². The van der Waals surface area contributed by atoms with Gasteiger partial charge in [-0.3, -0.25) is 9.78 Å². The Hall–Kier alpha value is -1.45. The van der Waals surface area contributed by atoms with E-state index in [-0.39, 0.29) is 18.0 Å². The van der Waals surface area contributed by atoms with Crippen molar-refractivity contribution in [1.82, 2.24) is 9.88 Å². The lowest BCUT2D eigenvalue weighted by Gasteiger charge is -2.34. The van der Waals surface area contributed by atoms with Gasteiger partial charge in [0, 0.05) is 18.3 Å². The van der Waals surface area contributed by atoms with Gasteiger partial charge >= 0.3 is 0 Å². The van der Waals surface area contributed by atoms with Gasteiger partial charge in [0.1, 0.15) is 5.82 Å². The lowest BCUT2D eigenvalue weighted by Crippen LogP contribution is -2.44. The van der Waals surface area contributed by atoms with Gasteiger partial charge in [-0.1, -0.05) is 13.8 Å². The van der Waals surface area contributed by atoms with E-state index >= 15 is 0 Å². The van der Waals surface area contributed by atoms with Gasteiger partial charge in [-0.05, 0) is 32.8 Å². The second-order valence-electron chi connectivity index (χ2n) is 4.62. The molecule has 1 heterocycles. The molecule has 0 saturated heterocycles. The van der Waals surface area contributed by atoms with Crippen molar-refractivity contribution in [3.8, 4) is 0 Å². The minimum absolute atomic E-state index is 0.135. The van der Waals surface area contributed by atoms with Crippen LogP contribution in [0.1, 0.15) is 50.9 Å². The van der Waals surface area contributed by atoms with Gasteiger partial charge in [-0.25, -0.2) is 4.39 Å². The number of hydrogen-bond acceptors (Lipinski definition) is 2. The zero-order valence-electron chi connectivity index (χ0n) is 11.5. The molecule has 2 atom stereocenters. The monoisotopic (exact) mass is 252 g/mol. The molecule has 0 spiro atoms. The molecule has 0 aromatic carbocycles. The van der Waals surface area contributed by atoms with Crippen LogP contribution in [0.3, 0.4) is 0 Å². The van der Waals surface area contributed by atoms with Crippen LogP contribution in [0.5, 0.6) is 0 Å². The number of halogens is 1. The molecule has 18 heavy (non-hydrogen) atoms. The van der Waals surface area contributed by atoms with E-state index in [0.29, 0.717) is 5.56 Å². The van der Waals surface area contributed by atoms with Crippen LogP contribution in [0.4, 0.5) is 4.39 Å². The van der Waals surface area contributed by atoms with Crippen LogP contribution < -0.4 is 0 Å². The molecule has 1 aromatic rings. The number of amides is 1. The molecule has 0 radical (unpaired) electrons. The summed E-state index contributed by atoms with van der Waals surface area (Å²) in [6.45, 7) is 8.10. The topological polar surface area (TPSA) is 33.2 Å². The molecule has 1 aromatic heterocycles. The molecule has 0 N–H and O–H groups in total. The highest BCUT2D eigenvalue weighted by Gasteiger charge is 2.24. The van der Waals surface area contributed by atoms with Crippen molar-refractivity contribution in [2.45, 2.75) is 52.6 Å². The highest BCUT2D eigenvalue weighted by Crippen LogP contribution is 2.16. The Morgan fingerprint density at radius 3 is 2.28 bits per heavy atom. The number of rotatable bonds is 5. The molecule has 0 bridgehead atoms. The summed E-state index contributed by atoms with van der Waals surface area (Å²) in [6, 6.07) is 1.51. The van der Waals surface area contributed by atoms with Crippen LogP contribution >= 0.6 is 0 Å². The van der Waals surface area contributed by atoms with Gasteiger partial charge in [0.25, 0.3) is 5.91 Å². The predicted octanol–water partition coefficient (Wildman–Crippen LogP) is 3.26. The smallest absolute Gasteiger partial charge is 0.256 e. The molecule has 100 valence electrons. The summed E-state index contributed by atoms with van der Waals surface area (Å²) < 4.78 is 13.1. The van der Waals surface area contributed by atoms with Crippen molar-refractivity contribution in [3.63, 3.8) is 0 Å². The SMILES string of the molecule is CC[C@@H](C)N(C(=O)c1cncc(F)c1)[C@H](C)CC. The first-order valence-electron chi connectivity index (χ1n) is 6.44. The van der Waals surface area contributed by atoms with Crippen LogP contribution in [0, 0.1) is 5.82 Å². The standard InChI is InChI=1S/C14H21FN2O/c1-5-10(3)17(11(4)6-2)14(18)12-7-13(15)9-16-8-12/h7-11H,5-6H2,1-4H3/t10-,11-/m1/s1. The van der Waals surface area contributed by atoms with E-state index in [1.807, 2.05) is 32.6 Å². The van der Waals surface area contributed by atoms with E-state index in [9.17, 15) is 9.18 Å². The quantitative estimate of drug-likeness (QED) is 0.806. The van der Waals surface area contributed by atoms with Crippen molar-refractivity contribution in [2.24, 2.45) is 0 Å². The third-order valence-electron chi connectivity index (χ3n) is 3.32. The fourth-order valence-corrected chi connectivity index (χ4v) is 1.91. The fraction of sp³-hybridized carbons (Fsp3) is 0.571. The van der Waals surface area contributed by atoms with E-state index in [2.05, 4.69) is 4.98 Å². The molecule has 0 saturated carbocycles. The highest BCUT2D eigenvalue weighted by molar-refractivity contribution is 5.94. The zero-order valence-corrected chi connectivity index (χ0v) is 11.5. The maximum absolute atomic E-state index is 13.1. The molecule has 0 unspecified atom stereocenters. The normalized spacial score (nSPS) is 14.1. The average Bonchev–Trinajstić information content (AvgIpc) is 2.38. The number of nitrogens with zero attached hydrogens (tertiary/aromatic N) is 2. The second kappa shape index (κ2) is 6.47. The van der Waals surface area contributed by atoms with Crippen molar-refractivity contribution in [1.29, 1.82) is 0 Å². The Kier molecular flexibility index (Phi) is 5.25. The van der Waals surface area contributed by atoms with Gasteiger partial charge < -0.3 is 4.90 Å². The van der Waals surface area contributed by atoms with Crippen molar-refractivity contribution in [3.05, 3.63) is 29.8 Å². The molecule has 0 aliphatic rings. The summed E-state index contributed by atoms with van der Waals surface area (Å²) >= 11 is 0. The van der Waals surface area contributed by atoms with Crippen LogP contribution in [0.2, 0.25) is 0 Å². The van der Waals surface area contributed by atoms with Gasteiger partial charge in [0.05, 0.1) is 11.8 Å². The summed E-state index contributed by atoms with van der Waals surface area (Å²) in [5.41, 5.74) is 0.315. The molecule has 0 aliphatic heterocycles. The molecule has 1 rings (SSSR count). The van der Waals surface area contributed by atoms with Gasteiger partial charge in [0.15, 0.2) is 0 Å². The predicted molar refractivity (Wildman–Crippen MR) is 69.9 cm³/mol. The molecule has 1 amide bonds. The van der Waals surface area contributed by atoms with E-state index in [0.717, 1.165) is 19.0 Å². The molecule has 4 heteroatoms. The Labute approximate surface area is 108 Å². The van der Waals surface area contributed by atoms with Gasteiger partial charge in [-0.2, -0.15) is 0 Å². The highest BCUT2D eigenvalue weighted by atomic mass is 19.1. The summed E-state index contributed by atoms with van der Waals surface area (Å²) in [6.07, 6.45) is 4.27. The molecule has 3 nitrogen and oxygen atoms in total. The molecule has 0 fully saturated rings. The molecular formula is C14H21FN2O. The Morgan fingerprint density at radius 2 is 1.83 bits per heavy atom. The lowest BCUT2D eigenvalue weighted by atomic mass is 10.1. The second-order valence-corrected chi connectivity index (χ2v) is 4.62. The maximum Gasteiger partial charge on any atom is 0.256 e. The van der Waals surface area contributed by atoms with Crippen molar-refractivity contribution in [2.75, 3.05) is 0 Å². The number of carbonyl (C=O) groups excluding carboxylic acids is 1. The van der Waals surface area contributed by atoms with Gasteiger partial charge in [-0.15, -0.1) is 0 Å². The van der Waals surface area contributed by atoms with Crippen LogP contribution in [0.15, 0.2) is 18.5 Å². The van der Waals surface area contributed by atoms with Crippen molar-refractivity contribution < 1.29 is 9.18 Å². The largest absolute Gasteiger partial charge is 0.333 e. The summed E-state index contributed by atoms with van der Waals surface area (Å²) in [5.74, 6) is -0.625. The zero-order chi connectivity index (χ0) is 13.7. The van der Waals surface area contributed by atoms with Crippen molar-refractivity contribution >= 4 is 5.91 Å². The summed E-state index contributed by atoms with van der Waals surface area (Å²) in [5, 5.41) is 0.